The zero-order chi connectivity index (χ0) is 17.7. The standard InChI is InChI=1S/C15H18N2O6S/c1-8(14(18)22-5)24-15-17-16-13(23-15)9-6-10(19-2)12(21-4)11(7-9)20-3/h6-8H,1-5H3. The number of carbonyl (C=O) groups excluding carboxylic acids is 1. The molecule has 0 bridgehead atoms. The first-order valence-corrected chi connectivity index (χ1v) is 7.80. The maximum absolute atomic E-state index is 11.5. The topological polar surface area (TPSA) is 92.9 Å². The van der Waals surface area contributed by atoms with E-state index in [0.717, 1.165) is 11.8 Å². The molecule has 1 unspecified atom stereocenters. The molecule has 0 aliphatic rings. The number of ether oxygens (including phenoxy) is 4. The van der Waals surface area contributed by atoms with Gasteiger partial charge in [0.05, 0.1) is 28.4 Å². The fourth-order valence-electron chi connectivity index (χ4n) is 1.94. The van der Waals surface area contributed by atoms with Gasteiger partial charge in [0.1, 0.15) is 5.25 Å². The first-order chi connectivity index (χ1) is 11.5. The van der Waals surface area contributed by atoms with Crippen LogP contribution in [0, 0.1) is 0 Å². The lowest BCUT2D eigenvalue weighted by Gasteiger charge is -2.12. The van der Waals surface area contributed by atoms with Gasteiger partial charge < -0.3 is 23.4 Å². The van der Waals surface area contributed by atoms with Gasteiger partial charge in [-0.3, -0.25) is 4.79 Å². The normalized spacial score (nSPS) is 11.7. The van der Waals surface area contributed by atoms with E-state index >= 15 is 0 Å². The minimum Gasteiger partial charge on any atom is -0.493 e. The molecule has 2 aromatic rings. The lowest BCUT2D eigenvalue weighted by Crippen LogP contribution is -2.14. The third-order valence-electron chi connectivity index (χ3n) is 3.13. The molecule has 0 fully saturated rings. The molecule has 1 heterocycles. The summed E-state index contributed by atoms with van der Waals surface area (Å²) in [6, 6.07) is 3.40. The van der Waals surface area contributed by atoms with Gasteiger partial charge >= 0.3 is 5.97 Å². The highest BCUT2D eigenvalue weighted by Gasteiger charge is 2.21. The SMILES string of the molecule is COC(=O)C(C)Sc1nnc(-c2cc(OC)c(OC)c(OC)c2)o1. The van der Waals surface area contributed by atoms with Crippen LogP contribution in [0.1, 0.15) is 6.92 Å². The molecule has 0 aliphatic heterocycles. The summed E-state index contributed by atoms with van der Waals surface area (Å²) in [7, 11) is 5.90. The van der Waals surface area contributed by atoms with Crippen molar-refractivity contribution in [1.82, 2.24) is 10.2 Å². The predicted molar refractivity (Wildman–Crippen MR) is 86.7 cm³/mol. The second kappa shape index (κ2) is 7.91. The minimum absolute atomic E-state index is 0.261. The van der Waals surface area contributed by atoms with Crippen LogP contribution in [0.4, 0.5) is 0 Å². The van der Waals surface area contributed by atoms with Crippen molar-refractivity contribution in [3.63, 3.8) is 0 Å². The molecule has 9 heteroatoms. The van der Waals surface area contributed by atoms with Gasteiger partial charge in [0.25, 0.3) is 5.22 Å². The Bertz CT molecular complexity index is 693. The zero-order valence-corrected chi connectivity index (χ0v) is 14.8. The van der Waals surface area contributed by atoms with Gasteiger partial charge in [-0.2, -0.15) is 0 Å². The molecule has 0 radical (unpaired) electrons. The van der Waals surface area contributed by atoms with Crippen molar-refractivity contribution in [3.05, 3.63) is 12.1 Å². The molecule has 24 heavy (non-hydrogen) atoms. The molecule has 0 amide bonds. The summed E-state index contributed by atoms with van der Waals surface area (Å²) in [6.45, 7) is 1.69. The Hall–Kier alpha value is -2.42. The molecule has 0 spiro atoms. The fourth-order valence-corrected chi connectivity index (χ4v) is 2.65. The number of carbonyl (C=O) groups is 1. The fraction of sp³-hybridized carbons (Fsp3) is 0.400. The Morgan fingerprint density at radius 3 is 2.21 bits per heavy atom. The van der Waals surface area contributed by atoms with Gasteiger partial charge in [-0.25, -0.2) is 0 Å². The van der Waals surface area contributed by atoms with Crippen LogP contribution in [0.15, 0.2) is 21.8 Å². The molecular weight excluding hydrogens is 336 g/mol. The highest BCUT2D eigenvalue weighted by molar-refractivity contribution is 8.00. The van der Waals surface area contributed by atoms with Gasteiger partial charge in [-0.15, -0.1) is 10.2 Å². The Morgan fingerprint density at radius 1 is 1.08 bits per heavy atom. The molecular formula is C15H18N2O6S. The van der Waals surface area contributed by atoms with Crippen LogP contribution >= 0.6 is 11.8 Å². The van der Waals surface area contributed by atoms with Crippen LogP contribution in [-0.4, -0.2) is 49.9 Å². The smallest absolute Gasteiger partial charge is 0.319 e. The van der Waals surface area contributed by atoms with Crippen molar-refractivity contribution < 1.29 is 28.2 Å². The van der Waals surface area contributed by atoms with Crippen LogP contribution in [0.5, 0.6) is 17.2 Å². The number of aromatic nitrogens is 2. The van der Waals surface area contributed by atoms with E-state index in [2.05, 4.69) is 14.9 Å². The van der Waals surface area contributed by atoms with Crippen LogP contribution in [-0.2, 0) is 9.53 Å². The van der Waals surface area contributed by atoms with Crippen molar-refractivity contribution >= 4 is 17.7 Å². The average Bonchev–Trinajstić information content (AvgIpc) is 3.07. The summed E-state index contributed by atoms with van der Waals surface area (Å²) in [5, 5.41) is 7.72. The summed E-state index contributed by atoms with van der Waals surface area (Å²) in [4.78, 5) is 11.5. The van der Waals surface area contributed by atoms with Crippen LogP contribution in [0.2, 0.25) is 0 Å². The van der Waals surface area contributed by atoms with Gasteiger partial charge in [-0.05, 0) is 19.1 Å². The summed E-state index contributed by atoms with van der Waals surface area (Å²) in [5.41, 5.74) is 0.606. The predicted octanol–water partition coefficient (Wildman–Crippen LogP) is 2.42. The third kappa shape index (κ3) is 3.73. The average molecular weight is 354 g/mol. The highest BCUT2D eigenvalue weighted by atomic mass is 32.2. The number of benzene rings is 1. The van der Waals surface area contributed by atoms with E-state index in [-0.39, 0.29) is 17.1 Å². The second-order valence-corrected chi connectivity index (χ2v) is 5.86. The lowest BCUT2D eigenvalue weighted by atomic mass is 10.2. The summed E-state index contributed by atoms with van der Waals surface area (Å²) >= 11 is 1.12. The first-order valence-electron chi connectivity index (χ1n) is 6.92. The Balaban J connectivity index is 2.31. The quantitative estimate of drug-likeness (QED) is 0.549. The molecule has 0 saturated heterocycles. The van der Waals surface area contributed by atoms with Gasteiger partial charge in [0, 0.05) is 5.56 Å². The van der Waals surface area contributed by atoms with Crippen LogP contribution in [0.25, 0.3) is 11.5 Å². The molecule has 0 N–H and O–H groups in total. The molecule has 8 nitrogen and oxygen atoms in total. The van der Waals surface area contributed by atoms with Crippen molar-refractivity contribution in [1.29, 1.82) is 0 Å². The lowest BCUT2D eigenvalue weighted by molar-refractivity contribution is -0.139. The van der Waals surface area contributed by atoms with Crippen LogP contribution < -0.4 is 14.2 Å². The van der Waals surface area contributed by atoms with E-state index < -0.39 is 5.25 Å². The minimum atomic E-state index is -0.455. The number of hydrogen-bond donors (Lipinski definition) is 0. The van der Waals surface area contributed by atoms with Crippen molar-refractivity contribution in [3.8, 4) is 28.7 Å². The van der Waals surface area contributed by atoms with Gasteiger partial charge in [0.2, 0.25) is 11.6 Å². The molecule has 1 aromatic heterocycles. The largest absolute Gasteiger partial charge is 0.493 e. The summed E-state index contributed by atoms with van der Waals surface area (Å²) in [6.07, 6.45) is 0. The molecule has 130 valence electrons. The number of nitrogens with zero attached hydrogens (tertiary/aromatic N) is 2. The number of hydrogen-bond acceptors (Lipinski definition) is 9. The second-order valence-electron chi connectivity index (χ2n) is 4.57. The number of methoxy groups -OCH3 is 4. The maximum Gasteiger partial charge on any atom is 0.319 e. The van der Waals surface area contributed by atoms with E-state index in [4.69, 9.17) is 18.6 Å². The van der Waals surface area contributed by atoms with Crippen molar-refractivity contribution in [2.45, 2.75) is 17.4 Å². The summed E-state index contributed by atoms with van der Waals surface area (Å²) < 4.78 is 26.1. The van der Waals surface area contributed by atoms with Crippen molar-refractivity contribution in [2.75, 3.05) is 28.4 Å². The Labute approximate surface area is 143 Å². The molecule has 0 saturated carbocycles. The van der Waals surface area contributed by atoms with E-state index in [1.54, 1.807) is 19.1 Å². The maximum atomic E-state index is 11.5. The highest BCUT2D eigenvalue weighted by Crippen LogP contribution is 2.41. The third-order valence-corrected chi connectivity index (χ3v) is 4.04. The van der Waals surface area contributed by atoms with E-state index in [0.29, 0.717) is 22.8 Å². The summed E-state index contributed by atoms with van der Waals surface area (Å²) in [5.74, 6) is 1.32. The zero-order valence-electron chi connectivity index (χ0n) is 14.0. The molecule has 2 rings (SSSR count). The number of thioether (sulfide) groups is 1. The Morgan fingerprint density at radius 2 is 1.71 bits per heavy atom. The number of rotatable bonds is 7. The van der Waals surface area contributed by atoms with Gasteiger partial charge in [0.15, 0.2) is 11.5 Å². The van der Waals surface area contributed by atoms with Crippen molar-refractivity contribution in [2.24, 2.45) is 0 Å². The van der Waals surface area contributed by atoms with E-state index in [1.807, 2.05) is 0 Å². The Kier molecular flexibility index (Phi) is 5.91. The first kappa shape index (κ1) is 17.9. The molecule has 1 aromatic carbocycles. The van der Waals surface area contributed by atoms with E-state index in [1.165, 1.54) is 28.4 Å². The van der Waals surface area contributed by atoms with Crippen LogP contribution in [0.3, 0.4) is 0 Å². The van der Waals surface area contributed by atoms with E-state index in [9.17, 15) is 4.79 Å². The number of esters is 1. The molecule has 1 atom stereocenters. The monoisotopic (exact) mass is 354 g/mol. The van der Waals surface area contributed by atoms with Gasteiger partial charge in [-0.1, -0.05) is 11.8 Å². The molecule has 0 aliphatic carbocycles.